The van der Waals surface area contributed by atoms with Crippen molar-refractivity contribution in [3.05, 3.63) is 40.5 Å². The van der Waals surface area contributed by atoms with Crippen LogP contribution in [0.15, 0.2) is 29.5 Å². The average molecular weight is 624 g/mol. The van der Waals surface area contributed by atoms with Crippen LogP contribution in [0.4, 0.5) is 0 Å². The molecule has 0 bridgehead atoms. The second-order valence-corrected chi connectivity index (χ2v) is 8.47. The van der Waals surface area contributed by atoms with Crippen molar-refractivity contribution in [1.82, 2.24) is 0 Å². The van der Waals surface area contributed by atoms with E-state index in [1.54, 1.807) is 0 Å². The zero-order valence-corrected chi connectivity index (χ0v) is 19.8. The fourth-order valence-corrected chi connectivity index (χ4v) is 1.92. The molecule has 0 aromatic heterocycles. The summed E-state index contributed by atoms with van der Waals surface area (Å²) in [5.41, 5.74) is 0. The van der Waals surface area contributed by atoms with Crippen LogP contribution < -0.4 is 0 Å². The van der Waals surface area contributed by atoms with Gasteiger partial charge in [-0.3, -0.25) is 40.5 Å². The van der Waals surface area contributed by atoms with E-state index in [-0.39, 0.29) is 0 Å². The number of nitro groups is 4. The zero-order valence-electron chi connectivity index (χ0n) is 13.8. The molecule has 0 aromatic carbocycles. The summed E-state index contributed by atoms with van der Waals surface area (Å²) in [6.07, 6.45) is 0. The first kappa shape index (κ1) is 30.5. The lowest BCUT2D eigenvalue weighted by atomic mass is 10.5. The number of alkyl halides is 6. The number of hydrogen-bond acceptors (Lipinski definition) is 12. The van der Waals surface area contributed by atoms with E-state index in [4.69, 9.17) is 93.2 Å². The number of azo groups is 2. The molecule has 0 aliphatic heterocycles. The van der Waals surface area contributed by atoms with Crippen LogP contribution in [0, 0.1) is 40.5 Å². The van der Waals surface area contributed by atoms with Crippen molar-refractivity contribution in [2.45, 2.75) is 19.2 Å². The fraction of sp³-hybridized carbons (Fsp3) is 0.667. The van der Waals surface area contributed by atoms with Gasteiger partial charge in [0.15, 0.2) is 0 Å². The van der Waals surface area contributed by atoms with Crippen LogP contribution in [0.5, 0.6) is 0 Å². The maximum atomic E-state index is 10.9. The van der Waals surface area contributed by atoms with Gasteiger partial charge in [-0.25, -0.2) is 0 Å². The largest absolute Gasteiger partial charge is 0.600 e. The quantitative estimate of drug-likeness (QED) is 0.0526. The molecule has 0 spiro atoms. The van der Waals surface area contributed by atoms with Crippen LogP contribution in [-0.2, 0) is 0 Å². The van der Waals surface area contributed by atoms with Crippen molar-refractivity contribution in [1.29, 1.82) is 0 Å². The standard InChI is InChI=1S/C6Cl8N10O8/c7-3(21(25)26,22(27)28)1(15-13)17-19-5(9,10)6(11,12)20-18-2(16-14)4(8,23(29)30)24(31)32/b15-1+,16-2+,19-17?,20-18?. The molecule has 0 radical (unpaired) electrons. The minimum atomic E-state index is -3.76. The average Bonchev–Trinajstić information content (AvgIpc) is 2.67. The lowest BCUT2D eigenvalue weighted by Crippen LogP contribution is -2.47. The molecule has 0 fully saturated rings. The van der Waals surface area contributed by atoms with Gasteiger partial charge in [0.05, 0.1) is 23.2 Å². The lowest BCUT2D eigenvalue weighted by Gasteiger charge is -2.22. The van der Waals surface area contributed by atoms with Gasteiger partial charge in [-0.05, 0) is 0 Å². The Labute approximate surface area is 213 Å². The second-order valence-electron chi connectivity index (χ2n) is 4.50. The van der Waals surface area contributed by atoms with Crippen LogP contribution in [0.25, 0.3) is 0 Å². The SMILES string of the molecule is O=[N+]([O-])C(Cl)(/C(N=NC(Cl)(Cl)C(Cl)(Cl)N=N/C(=N/Cl)C(Cl)([N+](=O)[O-])[N+](=O)[O-])=N\Cl)[N+](=O)[O-]. The van der Waals surface area contributed by atoms with E-state index in [0.29, 0.717) is 0 Å². The summed E-state index contributed by atoms with van der Waals surface area (Å²) in [4.78, 5) is 36.9. The number of halogens is 8. The molecule has 178 valence electrons. The number of hydrogen-bond donors (Lipinski definition) is 0. The summed E-state index contributed by atoms with van der Waals surface area (Å²) >= 11 is 43.0. The Bertz CT molecular complexity index is 832. The third-order valence-corrected chi connectivity index (χ3v) is 5.59. The molecule has 18 nitrogen and oxygen atoms in total. The summed E-state index contributed by atoms with van der Waals surface area (Å²) in [6.45, 7) is 0. The van der Waals surface area contributed by atoms with E-state index in [0.717, 1.165) is 0 Å². The first-order valence-corrected chi connectivity index (χ1v) is 9.26. The Kier molecular flexibility index (Phi) is 10.5. The van der Waals surface area contributed by atoms with E-state index in [1.165, 1.54) is 0 Å². The highest BCUT2D eigenvalue weighted by Crippen LogP contribution is 2.46. The Hall–Kier alpha value is -1.54. The lowest BCUT2D eigenvalue weighted by molar-refractivity contribution is -0.742. The van der Waals surface area contributed by atoms with E-state index in [1.807, 2.05) is 0 Å². The Balaban J connectivity index is 6.23. The minimum Gasteiger partial charge on any atom is -0.257 e. The van der Waals surface area contributed by atoms with Crippen LogP contribution in [0.2, 0.25) is 0 Å². The first-order valence-electron chi connectivity index (χ1n) is 6.32. The van der Waals surface area contributed by atoms with Gasteiger partial charge >= 0.3 is 21.9 Å². The van der Waals surface area contributed by atoms with Gasteiger partial charge in [-0.2, -0.15) is 0 Å². The Morgan fingerprint density at radius 2 is 0.781 bits per heavy atom. The monoisotopic (exact) mass is 620 g/mol. The highest BCUT2D eigenvalue weighted by atomic mass is 35.5. The number of rotatable bonds is 9. The third-order valence-electron chi connectivity index (χ3n) is 2.60. The number of amidine groups is 2. The van der Waals surface area contributed by atoms with E-state index < -0.39 is 50.5 Å². The zero-order chi connectivity index (χ0) is 25.7. The highest BCUT2D eigenvalue weighted by molar-refractivity contribution is 6.62. The van der Waals surface area contributed by atoms with Crippen molar-refractivity contribution in [2.75, 3.05) is 0 Å². The molecule has 0 aliphatic rings. The summed E-state index contributed by atoms with van der Waals surface area (Å²) < 4.78 is -0.984. The molecule has 0 N–H and O–H groups in total. The normalized spacial score (nSPS) is 14.8. The molecule has 32 heavy (non-hydrogen) atoms. The molecular formula is C6Cl8N10O8. The van der Waals surface area contributed by atoms with Gasteiger partial charge in [0, 0.05) is 23.6 Å². The molecule has 0 rings (SSSR count). The summed E-state index contributed by atoms with van der Waals surface area (Å²) in [5, 5.41) is 47.6. The van der Waals surface area contributed by atoms with Gasteiger partial charge in [0.2, 0.25) is 0 Å². The summed E-state index contributed by atoms with van der Waals surface area (Å²) in [5.74, 6) is -3.18. The molecule has 26 heteroatoms. The maximum Gasteiger partial charge on any atom is 0.600 e. The van der Waals surface area contributed by atoms with Gasteiger partial charge in [0.25, 0.3) is 8.91 Å². The maximum absolute atomic E-state index is 10.9. The van der Waals surface area contributed by atoms with E-state index >= 15 is 0 Å². The van der Waals surface area contributed by atoms with Crippen LogP contribution >= 0.6 is 93.2 Å². The predicted molar refractivity (Wildman–Crippen MR) is 110 cm³/mol. The summed E-state index contributed by atoms with van der Waals surface area (Å²) in [6, 6.07) is 0. The Morgan fingerprint density at radius 1 is 0.562 bits per heavy atom. The van der Waals surface area contributed by atoms with Crippen molar-refractivity contribution in [3.63, 3.8) is 0 Å². The van der Waals surface area contributed by atoms with E-state index in [2.05, 4.69) is 29.5 Å². The van der Waals surface area contributed by atoms with Crippen molar-refractivity contribution >= 4 is 105 Å². The topological polar surface area (TPSA) is 247 Å². The van der Waals surface area contributed by atoms with Crippen molar-refractivity contribution < 1.29 is 19.7 Å². The smallest absolute Gasteiger partial charge is 0.257 e. The third kappa shape index (κ3) is 6.07. The number of nitrogens with zero attached hydrogens (tertiary/aromatic N) is 10. The van der Waals surface area contributed by atoms with Crippen LogP contribution in [0.3, 0.4) is 0 Å². The summed E-state index contributed by atoms with van der Waals surface area (Å²) in [7, 11) is 0. The molecule has 0 heterocycles. The van der Waals surface area contributed by atoms with Gasteiger partial charge < -0.3 is 0 Å². The van der Waals surface area contributed by atoms with Crippen molar-refractivity contribution in [3.8, 4) is 0 Å². The van der Waals surface area contributed by atoms with Gasteiger partial charge in [-0.1, -0.05) is 46.4 Å². The Morgan fingerprint density at radius 3 is 0.938 bits per heavy atom. The molecule has 0 atom stereocenters. The molecule has 0 saturated heterocycles. The van der Waals surface area contributed by atoms with E-state index in [9.17, 15) is 40.5 Å². The minimum absolute atomic E-state index is 1.59. The van der Waals surface area contributed by atoms with Gasteiger partial charge in [0.1, 0.15) is 19.7 Å². The van der Waals surface area contributed by atoms with Crippen LogP contribution in [-0.4, -0.2) is 50.5 Å². The molecule has 0 amide bonds. The van der Waals surface area contributed by atoms with Gasteiger partial charge in [-0.15, -0.1) is 29.5 Å². The van der Waals surface area contributed by atoms with Crippen molar-refractivity contribution in [2.24, 2.45) is 29.5 Å². The molecular weight excluding hydrogens is 624 g/mol. The fourth-order valence-electron chi connectivity index (χ4n) is 1.07. The first-order chi connectivity index (χ1) is 14.4. The molecule has 0 saturated carbocycles. The predicted octanol–water partition coefficient (Wildman–Crippen LogP) is 4.15. The highest BCUT2D eigenvalue weighted by Gasteiger charge is 2.64. The molecule has 0 aliphatic carbocycles. The molecule has 0 aromatic rings. The second kappa shape index (κ2) is 11.1. The van der Waals surface area contributed by atoms with Crippen LogP contribution in [0.1, 0.15) is 0 Å². The molecule has 0 unspecified atom stereocenters.